The van der Waals surface area contributed by atoms with Crippen molar-refractivity contribution in [2.45, 2.75) is 51.6 Å². The van der Waals surface area contributed by atoms with Crippen molar-refractivity contribution in [2.75, 3.05) is 11.1 Å². The van der Waals surface area contributed by atoms with Crippen LogP contribution in [0, 0.1) is 11.3 Å². The first-order valence-electron chi connectivity index (χ1n) is 10.2. The molecule has 0 radical (unpaired) electrons. The molecule has 2 N–H and O–H groups in total. The standard InChI is InChI=1S/C23H26ClN3O2S/c1-12(2)11-30-22-26-20-19(21(29)27-22)17(13-5-7-14(24)8-6-13)18-15(25-20)9-23(3,4)10-16(18)28/h5-8,12,17H,9-11H2,1-4H3,(H2,25,26,27,29). The predicted molar refractivity (Wildman–Crippen MR) is 122 cm³/mol. The molecule has 1 unspecified atom stereocenters. The van der Waals surface area contributed by atoms with Crippen molar-refractivity contribution in [3.8, 4) is 0 Å². The van der Waals surface area contributed by atoms with E-state index in [0.717, 1.165) is 23.4 Å². The van der Waals surface area contributed by atoms with Crippen LogP contribution in [0.3, 0.4) is 0 Å². The maximum Gasteiger partial charge on any atom is 0.257 e. The number of nitrogens with zero attached hydrogens (tertiary/aromatic N) is 1. The van der Waals surface area contributed by atoms with Gasteiger partial charge in [0.1, 0.15) is 5.82 Å². The van der Waals surface area contributed by atoms with Gasteiger partial charge in [0.2, 0.25) is 0 Å². The average molecular weight is 444 g/mol. The van der Waals surface area contributed by atoms with Crippen LogP contribution in [0.1, 0.15) is 57.6 Å². The van der Waals surface area contributed by atoms with Crippen LogP contribution in [0.25, 0.3) is 0 Å². The molecule has 0 spiro atoms. The number of carbonyl (C=O) groups excluding carboxylic acids is 1. The van der Waals surface area contributed by atoms with Gasteiger partial charge in [-0.15, -0.1) is 0 Å². The number of halogens is 1. The number of hydrogen-bond acceptors (Lipinski definition) is 5. The van der Waals surface area contributed by atoms with Crippen LogP contribution in [-0.2, 0) is 4.79 Å². The number of Topliss-reactive ketones (excluding diaryl/α,β-unsaturated/α-hetero) is 1. The van der Waals surface area contributed by atoms with Gasteiger partial charge in [0.15, 0.2) is 10.9 Å². The summed E-state index contributed by atoms with van der Waals surface area (Å²) in [5.74, 6) is 1.53. The van der Waals surface area contributed by atoms with E-state index >= 15 is 0 Å². The fraction of sp³-hybridized carbons (Fsp3) is 0.435. The highest BCUT2D eigenvalue weighted by Crippen LogP contribution is 2.47. The molecule has 158 valence electrons. The van der Waals surface area contributed by atoms with Crippen molar-refractivity contribution in [1.29, 1.82) is 0 Å². The van der Waals surface area contributed by atoms with E-state index in [0.29, 0.717) is 39.5 Å². The van der Waals surface area contributed by atoms with Crippen LogP contribution >= 0.6 is 23.4 Å². The van der Waals surface area contributed by atoms with Crippen molar-refractivity contribution in [1.82, 2.24) is 9.97 Å². The molecular weight excluding hydrogens is 418 g/mol. The van der Waals surface area contributed by atoms with E-state index in [1.54, 1.807) is 12.1 Å². The largest absolute Gasteiger partial charge is 0.343 e. The molecule has 1 aliphatic carbocycles. The molecule has 4 rings (SSSR count). The Labute approximate surface area is 185 Å². The highest BCUT2D eigenvalue weighted by Gasteiger charge is 2.42. The molecule has 7 heteroatoms. The Morgan fingerprint density at radius 2 is 1.90 bits per heavy atom. The van der Waals surface area contributed by atoms with Crippen LogP contribution in [0.2, 0.25) is 5.02 Å². The van der Waals surface area contributed by atoms with E-state index < -0.39 is 5.92 Å². The molecule has 30 heavy (non-hydrogen) atoms. The van der Waals surface area contributed by atoms with Gasteiger partial charge < -0.3 is 10.3 Å². The normalized spacial score (nSPS) is 20.1. The number of anilines is 1. The fourth-order valence-corrected chi connectivity index (χ4v) is 5.13. The minimum atomic E-state index is -0.447. The molecule has 1 aromatic heterocycles. The van der Waals surface area contributed by atoms with Crippen LogP contribution in [0.4, 0.5) is 5.82 Å². The summed E-state index contributed by atoms with van der Waals surface area (Å²) in [6, 6.07) is 7.37. The van der Waals surface area contributed by atoms with Crippen molar-refractivity contribution < 1.29 is 4.79 Å². The third-order valence-electron chi connectivity index (χ3n) is 5.46. The summed E-state index contributed by atoms with van der Waals surface area (Å²) in [6.45, 7) is 8.45. The molecule has 5 nitrogen and oxygen atoms in total. The van der Waals surface area contributed by atoms with E-state index in [9.17, 15) is 9.59 Å². The number of fused-ring (bicyclic) bond motifs is 1. The number of carbonyl (C=O) groups is 1. The first-order chi connectivity index (χ1) is 14.1. The quantitative estimate of drug-likeness (QED) is 0.490. The Kier molecular flexibility index (Phi) is 5.58. The summed E-state index contributed by atoms with van der Waals surface area (Å²) < 4.78 is 0. The number of aromatic nitrogens is 2. The smallest absolute Gasteiger partial charge is 0.257 e. The van der Waals surface area contributed by atoms with E-state index in [1.807, 2.05) is 12.1 Å². The lowest BCUT2D eigenvalue weighted by Gasteiger charge is -2.38. The molecule has 1 aliphatic heterocycles. The van der Waals surface area contributed by atoms with Crippen molar-refractivity contribution in [2.24, 2.45) is 11.3 Å². The van der Waals surface area contributed by atoms with E-state index in [1.165, 1.54) is 11.8 Å². The zero-order valence-electron chi connectivity index (χ0n) is 17.6. The number of nitrogens with one attached hydrogen (secondary N) is 2. The summed E-state index contributed by atoms with van der Waals surface area (Å²) in [6.07, 6.45) is 1.20. The van der Waals surface area contributed by atoms with Gasteiger partial charge >= 0.3 is 0 Å². The molecule has 1 atom stereocenters. The molecular formula is C23H26ClN3O2S. The summed E-state index contributed by atoms with van der Waals surface area (Å²) in [7, 11) is 0. The Hall–Kier alpha value is -2.05. The Morgan fingerprint density at radius 1 is 1.20 bits per heavy atom. The van der Waals surface area contributed by atoms with E-state index in [-0.39, 0.29) is 16.8 Å². The average Bonchev–Trinajstić information content (AvgIpc) is 2.64. The maximum atomic E-state index is 13.2. The molecule has 2 aliphatic rings. The van der Waals surface area contributed by atoms with Crippen LogP contribution < -0.4 is 10.9 Å². The Balaban J connectivity index is 1.88. The number of rotatable bonds is 4. The SMILES string of the molecule is CC(C)CSc1nc2c(c(=O)[nH]1)C(c1ccc(Cl)cc1)C1=C(CC(C)(C)CC1=O)N2. The van der Waals surface area contributed by atoms with E-state index in [4.69, 9.17) is 16.6 Å². The van der Waals surface area contributed by atoms with Gasteiger partial charge in [-0.1, -0.05) is 63.2 Å². The predicted octanol–water partition coefficient (Wildman–Crippen LogP) is 5.37. The number of benzene rings is 1. The highest BCUT2D eigenvalue weighted by atomic mass is 35.5. The minimum absolute atomic E-state index is 0.0806. The summed E-state index contributed by atoms with van der Waals surface area (Å²) in [5.41, 5.74) is 2.58. The number of thioether (sulfide) groups is 1. The van der Waals surface area contributed by atoms with Crippen LogP contribution in [0.15, 0.2) is 45.5 Å². The van der Waals surface area contributed by atoms with Gasteiger partial charge in [0, 0.05) is 34.4 Å². The molecule has 2 aromatic rings. The summed E-state index contributed by atoms with van der Waals surface area (Å²) in [4.78, 5) is 34.0. The van der Waals surface area contributed by atoms with Crippen molar-refractivity contribution in [3.05, 3.63) is 62.0 Å². The third kappa shape index (κ3) is 4.08. The molecule has 0 bridgehead atoms. The number of ketones is 1. The second-order valence-corrected chi connectivity index (χ2v) is 10.7. The molecule has 0 saturated heterocycles. The number of aromatic amines is 1. The first kappa shape index (κ1) is 21.2. The van der Waals surface area contributed by atoms with Crippen LogP contribution in [-0.4, -0.2) is 21.5 Å². The maximum absolute atomic E-state index is 13.2. The van der Waals surface area contributed by atoms with Crippen LogP contribution in [0.5, 0.6) is 0 Å². The van der Waals surface area contributed by atoms with Gasteiger partial charge in [-0.3, -0.25) is 9.59 Å². The lowest BCUT2D eigenvalue weighted by molar-refractivity contribution is -0.118. The topological polar surface area (TPSA) is 74.8 Å². The first-order valence-corrected chi connectivity index (χ1v) is 11.6. The second kappa shape index (κ2) is 7.89. The Bertz CT molecular complexity index is 1090. The van der Waals surface area contributed by atoms with Gasteiger partial charge in [-0.05, 0) is 35.4 Å². The molecule has 0 amide bonds. The monoisotopic (exact) mass is 443 g/mol. The molecule has 0 fully saturated rings. The summed E-state index contributed by atoms with van der Waals surface area (Å²) >= 11 is 7.63. The zero-order chi connectivity index (χ0) is 21.6. The molecule has 2 heterocycles. The zero-order valence-corrected chi connectivity index (χ0v) is 19.2. The fourth-order valence-electron chi connectivity index (χ4n) is 4.20. The van der Waals surface area contributed by atoms with Crippen molar-refractivity contribution in [3.63, 3.8) is 0 Å². The van der Waals surface area contributed by atoms with Gasteiger partial charge in [-0.2, -0.15) is 0 Å². The lowest BCUT2D eigenvalue weighted by atomic mass is 9.69. The number of hydrogen-bond donors (Lipinski definition) is 2. The summed E-state index contributed by atoms with van der Waals surface area (Å²) in [5, 5.41) is 4.57. The molecule has 1 aromatic carbocycles. The number of H-pyrrole nitrogens is 1. The van der Waals surface area contributed by atoms with Gasteiger partial charge in [-0.25, -0.2) is 4.98 Å². The highest BCUT2D eigenvalue weighted by molar-refractivity contribution is 7.99. The lowest BCUT2D eigenvalue weighted by Crippen LogP contribution is -2.37. The van der Waals surface area contributed by atoms with Crippen molar-refractivity contribution >= 4 is 35.0 Å². The van der Waals surface area contributed by atoms with E-state index in [2.05, 4.69) is 38.0 Å². The minimum Gasteiger partial charge on any atom is -0.343 e. The molecule has 0 saturated carbocycles. The third-order valence-corrected chi connectivity index (χ3v) is 7.01. The Morgan fingerprint density at radius 3 is 2.57 bits per heavy atom. The van der Waals surface area contributed by atoms with Gasteiger partial charge in [0.05, 0.1) is 5.56 Å². The number of allylic oxidation sites excluding steroid dienone is 2. The van der Waals surface area contributed by atoms with Gasteiger partial charge in [0.25, 0.3) is 5.56 Å². The second-order valence-electron chi connectivity index (χ2n) is 9.28.